The van der Waals surface area contributed by atoms with Crippen LogP contribution in [0, 0.1) is 12.7 Å². The third-order valence-electron chi connectivity index (χ3n) is 3.63. The molecule has 7 nitrogen and oxygen atoms in total. The molecule has 2 rings (SSSR count). The SMILES string of the molecule is CC(=O)Nc1ccc(C(=O)COC(=O)CNC(=O)c2cccc(C)c2)c(F)c1. The van der Waals surface area contributed by atoms with Crippen LogP contribution in [0.3, 0.4) is 0 Å². The fourth-order valence-electron chi connectivity index (χ4n) is 2.34. The number of amides is 2. The molecule has 0 saturated carbocycles. The molecule has 0 spiro atoms. The molecule has 0 aromatic heterocycles. The lowest BCUT2D eigenvalue weighted by Crippen LogP contribution is -2.31. The van der Waals surface area contributed by atoms with Gasteiger partial charge in [0, 0.05) is 18.2 Å². The van der Waals surface area contributed by atoms with Crippen molar-refractivity contribution < 1.29 is 28.3 Å². The van der Waals surface area contributed by atoms with Crippen molar-refractivity contribution >= 4 is 29.3 Å². The molecule has 0 aliphatic rings. The van der Waals surface area contributed by atoms with Gasteiger partial charge in [-0.1, -0.05) is 17.7 Å². The molecular weight excluding hydrogens is 367 g/mol. The van der Waals surface area contributed by atoms with E-state index in [2.05, 4.69) is 10.6 Å². The van der Waals surface area contributed by atoms with Gasteiger partial charge in [-0.25, -0.2) is 4.39 Å². The Morgan fingerprint density at radius 3 is 2.46 bits per heavy atom. The minimum Gasteiger partial charge on any atom is -0.456 e. The van der Waals surface area contributed by atoms with E-state index in [1.165, 1.54) is 19.1 Å². The maximum absolute atomic E-state index is 14.0. The van der Waals surface area contributed by atoms with Crippen LogP contribution in [-0.2, 0) is 14.3 Å². The molecule has 28 heavy (non-hydrogen) atoms. The first-order chi connectivity index (χ1) is 13.3. The van der Waals surface area contributed by atoms with Crippen molar-refractivity contribution in [1.82, 2.24) is 5.32 Å². The molecule has 146 valence electrons. The van der Waals surface area contributed by atoms with Crippen molar-refractivity contribution in [3.05, 3.63) is 65.0 Å². The summed E-state index contributed by atoms with van der Waals surface area (Å²) in [5, 5.41) is 4.78. The van der Waals surface area contributed by atoms with Crippen LogP contribution >= 0.6 is 0 Å². The molecule has 2 amide bonds. The van der Waals surface area contributed by atoms with E-state index >= 15 is 0 Å². The van der Waals surface area contributed by atoms with Gasteiger partial charge in [-0.2, -0.15) is 0 Å². The molecule has 0 atom stereocenters. The standard InChI is InChI=1S/C20H19FN2O5/c1-12-4-3-5-14(8-12)20(27)22-10-19(26)28-11-18(25)16-7-6-15(9-17(16)21)23-13(2)24/h3-9H,10-11H2,1-2H3,(H,22,27)(H,23,24). The Morgan fingerprint density at radius 2 is 1.82 bits per heavy atom. The number of aryl methyl sites for hydroxylation is 1. The Kier molecular flexibility index (Phi) is 6.97. The minimum atomic E-state index is -0.847. The summed E-state index contributed by atoms with van der Waals surface area (Å²) < 4.78 is 18.8. The van der Waals surface area contributed by atoms with Crippen LogP contribution < -0.4 is 10.6 Å². The number of halogens is 1. The number of hydrogen-bond acceptors (Lipinski definition) is 5. The third-order valence-corrected chi connectivity index (χ3v) is 3.63. The zero-order chi connectivity index (χ0) is 20.7. The highest BCUT2D eigenvalue weighted by Crippen LogP contribution is 2.15. The summed E-state index contributed by atoms with van der Waals surface area (Å²) in [6.07, 6.45) is 0. The lowest BCUT2D eigenvalue weighted by molar-refractivity contribution is -0.141. The van der Waals surface area contributed by atoms with Gasteiger partial charge >= 0.3 is 5.97 Å². The first-order valence-corrected chi connectivity index (χ1v) is 8.37. The van der Waals surface area contributed by atoms with Crippen LogP contribution in [0.4, 0.5) is 10.1 Å². The van der Waals surface area contributed by atoms with Gasteiger partial charge in [-0.05, 0) is 37.3 Å². The van der Waals surface area contributed by atoms with Crippen molar-refractivity contribution in [3.8, 4) is 0 Å². The van der Waals surface area contributed by atoms with E-state index in [1.807, 2.05) is 13.0 Å². The zero-order valence-corrected chi connectivity index (χ0v) is 15.4. The zero-order valence-electron chi connectivity index (χ0n) is 15.4. The number of nitrogens with one attached hydrogen (secondary N) is 2. The van der Waals surface area contributed by atoms with Crippen molar-refractivity contribution in [2.75, 3.05) is 18.5 Å². The van der Waals surface area contributed by atoms with Gasteiger partial charge in [0.05, 0.1) is 5.56 Å². The predicted octanol–water partition coefficient (Wildman–Crippen LogP) is 2.25. The second-order valence-electron chi connectivity index (χ2n) is 6.01. The number of benzene rings is 2. The fourth-order valence-corrected chi connectivity index (χ4v) is 2.34. The van der Waals surface area contributed by atoms with Gasteiger partial charge in [-0.3, -0.25) is 19.2 Å². The van der Waals surface area contributed by atoms with Gasteiger partial charge < -0.3 is 15.4 Å². The summed E-state index contributed by atoms with van der Waals surface area (Å²) in [6, 6.07) is 10.4. The van der Waals surface area contributed by atoms with E-state index in [9.17, 15) is 23.6 Å². The second kappa shape index (κ2) is 9.40. The van der Waals surface area contributed by atoms with Crippen molar-refractivity contribution in [2.24, 2.45) is 0 Å². The Balaban J connectivity index is 1.84. The number of esters is 1. The van der Waals surface area contributed by atoms with Gasteiger partial charge in [0.1, 0.15) is 12.4 Å². The van der Waals surface area contributed by atoms with Crippen molar-refractivity contribution in [3.63, 3.8) is 0 Å². The molecule has 0 radical (unpaired) electrons. The summed E-state index contributed by atoms with van der Waals surface area (Å²) in [6.45, 7) is 2.01. The molecule has 0 unspecified atom stereocenters. The summed E-state index contributed by atoms with van der Waals surface area (Å²) in [7, 11) is 0. The van der Waals surface area contributed by atoms with Crippen LogP contribution in [0.1, 0.15) is 33.2 Å². The third kappa shape index (κ3) is 6.01. The second-order valence-corrected chi connectivity index (χ2v) is 6.01. The van der Waals surface area contributed by atoms with Gasteiger partial charge in [0.25, 0.3) is 5.91 Å². The average molecular weight is 386 g/mol. The highest BCUT2D eigenvalue weighted by Gasteiger charge is 2.16. The Labute approximate surface area is 160 Å². The van der Waals surface area contributed by atoms with Gasteiger partial charge in [0.2, 0.25) is 11.7 Å². The largest absolute Gasteiger partial charge is 0.456 e. The van der Waals surface area contributed by atoms with E-state index in [1.54, 1.807) is 18.2 Å². The van der Waals surface area contributed by atoms with Crippen LogP contribution in [0.25, 0.3) is 0 Å². The maximum Gasteiger partial charge on any atom is 0.325 e. The topological polar surface area (TPSA) is 102 Å². The molecule has 2 aromatic carbocycles. The molecular formula is C20H19FN2O5. The molecule has 0 fully saturated rings. The van der Waals surface area contributed by atoms with Crippen LogP contribution in [0.5, 0.6) is 0 Å². The molecule has 2 aromatic rings. The first kappa shape index (κ1) is 20.8. The van der Waals surface area contributed by atoms with E-state index in [0.29, 0.717) is 5.56 Å². The number of Topliss-reactive ketones (excluding diaryl/α,β-unsaturated/α-hetero) is 1. The summed E-state index contributed by atoms with van der Waals surface area (Å²) >= 11 is 0. The Morgan fingerprint density at radius 1 is 1.07 bits per heavy atom. The smallest absolute Gasteiger partial charge is 0.325 e. The van der Waals surface area contributed by atoms with Gasteiger partial charge in [0.15, 0.2) is 6.61 Å². The lowest BCUT2D eigenvalue weighted by Gasteiger charge is -2.08. The highest BCUT2D eigenvalue weighted by molar-refractivity contribution is 5.99. The molecule has 2 N–H and O–H groups in total. The summed E-state index contributed by atoms with van der Waals surface area (Å²) in [5.41, 5.74) is 1.22. The van der Waals surface area contributed by atoms with E-state index in [0.717, 1.165) is 11.6 Å². The number of carbonyl (C=O) groups excluding carboxylic acids is 4. The molecule has 0 aliphatic heterocycles. The molecule has 0 bridgehead atoms. The van der Waals surface area contributed by atoms with Crippen LogP contribution in [0.15, 0.2) is 42.5 Å². The lowest BCUT2D eigenvalue weighted by atomic mass is 10.1. The van der Waals surface area contributed by atoms with Crippen LogP contribution in [-0.4, -0.2) is 36.7 Å². The predicted molar refractivity (Wildman–Crippen MR) is 99.5 cm³/mol. The molecule has 0 saturated heterocycles. The number of ketones is 1. The fraction of sp³-hybridized carbons (Fsp3) is 0.200. The Bertz CT molecular complexity index is 927. The summed E-state index contributed by atoms with van der Waals surface area (Å²) in [5.74, 6) is -3.25. The number of rotatable bonds is 7. The molecule has 0 aliphatic carbocycles. The van der Waals surface area contributed by atoms with E-state index < -0.39 is 36.6 Å². The molecule has 8 heteroatoms. The van der Waals surface area contributed by atoms with Gasteiger partial charge in [-0.15, -0.1) is 0 Å². The first-order valence-electron chi connectivity index (χ1n) is 8.37. The van der Waals surface area contributed by atoms with Crippen molar-refractivity contribution in [1.29, 1.82) is 0 Å². The number of hydrogen-bond donors (Lipinski definition) is 2. The highest BCUT2D eigenvalue weighted by atomic mass is 19.1. The normalized spacial score (nSPS) is 10.1. The minimum absolute atomic E-state index is 0.206. The average Bonchev–Trinajstić information content (AvgIpc) is 2.63. The number of carbonyl (C=O) groups is 4. The van der Waals surface area contributed by atoms with Crippen molar-refractivity contribution in [2.45, 2.75) is 13.8 Å². The number of ether oxygens (including phenoxy) is 1. The molecule has 0 heterocycles. The maximum atomic E-state index is 14.0. The van der Waals surface area contributed by atoms with E-state index in [4.69, 9.17) is 4.74 Å². The van der Waals surface area contributed by atoms with E-state index in [-0.39, 0.29) is 17.2 Å². The Hall–Kier alpha value is -3.55. The quantitative estimate of drug-likeness (QED) is 0.561. The van der Waals surface area contributed by atoms with Crippen LogP contribution in [0.2, 0.25) is 0 Å². The summed E-state index contributed by atoms with van der Waals surface area (Å²) in [4.78, 5) is 46.6. The number of anilines is 1. The monoisotopic (exact) mass is 386 g/mol.